The summed E-state index contributed by atoms with van der Waals surface area (Å²) in [4.78, 5) is 11.3. The molecule has 1 rings (SSSR count). The average Bonchev–Trinajstić information content (AvgIpc) is 2.50. The van der Waals surface area contributed by atoms with Crippen molar-refractivity contribution in [2.24, 2.45) is 0 Å². The van der Waals surface area contributed by atoms with Crippen molar-refractivity contribution in [3.63, 3.8) is 0 Å². The monoisotopic (exact) mass is 321 g/mol. The lowest BCUT2D eigenvalue weighted by atomic mass is 10.0. The summed E-state index contributed by atoms with van der Waals surface area (Å²) in [7, 11) is 0. The fourth-order valence-electron chi connectivity index (χ4n) is 2.32. The third-order valence-electron chi connectivity index (χ3n) is 3.69. The van der Waals surface area contributed by atoms with Crippen LogP contribution in [0, 0.1) is 0 Å². The summed E-state index contributed by atoms with van der Waals surface area (Å²) < 4.78 is 0. The number of amides is 1. The lowest BCUT2D eigenvalue weighted by Gasteiger charge is -2.06. The molecule has 5 heteroatoms. The number of carbonyl (C=O) groups is 1. The zero-order valence-electron chi connectivity index (χ0n) is 13.8. The number of benzene rings is 1. The molecule has 0 aliphatic heterocycles. The van der Waals surface area contributed by atoms with E-state index >= 15 is 0 Å². The first kappa shape index (κ1) is 18.9. The Bertz CT molecular complexity index is 517. The maximum Gasteiger partial charge on any atom is 0.246 e. The van der Waals surface area contributed by atoms with Gasteiger partial charge in [0.05, 0.1) is 0 Å². The van der Waals surface area contributed by atoms with Gasteiger partial charge >= 0.3 is 0 Å². The Morgan fingerprint density at radius 1 is 1.00 bits per heavy atom. The number of rotatable bonds is 10. The molecule has 0 saturated carbocycles. The molecular weight excluding hydrogens is 294 g/mol. The van der Waals surface area contributed by atoms with Crippen LogP contribution in [0.15, 0.2) is 24.3 Å². The number of phenols is 3. The molecule has 1 aromatic carbocycles. The molecule has 0 heterocycles. The quantitative estimate of drug-likeness (QED) is 0.302. The van der Waals surface area contributed by atoms with Gasteiger partial charge in [0.1, 0.15) is 0 Å². The summed E-state index contributed by atoms with van der Waals surface area (Å²) in [5, 5.41) is 31.0. The molecule has 0 atom stereocenters. The Morgan fingerprint density at radius 2 is 1.52 bits per heavy atom. The Kier molecular flexibility index (Phi) is 8.02. The maximum absolute atomic E-state index is 11.3. The number of carbonyl (C=O) groups excluding carboxylic acids is 1. The second kappa shape index (κ2) is 9.77. The van der Waals surface area contributed by atoms with Crippen LogP contribution in [0.1, 0.15) is 51.0 Å². The van der Waals surface area contributed by atoms with Crippen LogP contribution in [0.5, 0.6) is 17.2 Å². The van der Waals surface area contributed by atoms with Crippen LogP contribution in [0.25, 0.3) is 0 Å². The maximum atomic E-state index is 11.3. The molecule has 0 radical (unpaired) electrons. The number of hydrogen-bond donors (Lipinski definition) is 4. The summed E-state index contributed by atoms with van der Waals surface area (Å²) in [6.45, 7) is 5.98. The number of nitrogens with one attached hydrogen (secondary N) is 1. The van der Waals surface area contributed by atoms with Crippen LogP contribution in [-0.2, 0) is 11.2 Å². The van der Waals surface area contributed by atoms with Gasteiger partial charge in [-0.25, -0.2) is 0 Å². The molecule has 0 saturated heterocycles. The molecule has 1 amide bonds. The Labute approximate surface area is 137 Å². The van der Waals surface area contributed by atoms with E-state index in [1.165, 1.54) is 12.1 Å². The van der Waals surface area contributed by atoms with E-state index in [9.17, 15) is 20.1 Å². The first-order valence-electron chi connectivity index (χ1n) is 8.09. The Hall–Kier alpha value is -2.17. The van der Waals surface area contributed by atoms with Crippen molar-refractivity contribution < 1.29 is 20.1 Å². The fourth-order valence-corrected chi connectivity index (χ4v) is 2.32. The zero-order valence-corrected chi connectivity index (χ0v) is 13.8. The van der Waals surface area contributed by atoms with Gasteiger partial charge in [0.15, 0.2) is 17.2 Å². The standard InChI is InChI=1S/C18H27NO4/c1-13(2)18(23)19-10-8-6-4-3-5-7-9-14-11-15(20)17(22)16(21)12-14/h11-12,20-22H,1,3-10H2,2H3,(H,19,23). The molecule has 128 valence electrons. The Balaban J connectivity index is 2.06. The topological polar surface area (TPSA) is 89.8 Å². The molecule has 4 N–H and O–H groups in total. The van der Waals surface area contributed by atoms with Crippen molar-refractivity contribution in [3.8, 4) is 17.2 Å². The smallest absolute Gasteiger partial charge is 0.246 e. The van der Waals surface area contributed by atoms with Gasteiger partial charge in [0, 0.05) is 12.1 Å². The molecule has 0 aliphatic carbocycles. The summed E-state index contributed by atoms with van der Waals surface area (Å²) >= 11 is 0. The van der Waals surface area contributed by atoms with Gasteiger partial charge in [-0.2, -0.15) is 0 Å². The van der Waals surface area contributed by atoms with Crippen molar-refractivity contribution in [2.75, 3.05) is 6.54 Å². The van der Waals surface area contributed by atoms with Crippen molar-refractivity contribution in [2.45, 2.75) is 51.9 Å². The van der Waals surface area contributed by atoms with Crippen molar-refractivity contribution in [1.29, 1.82) is 0 Å². The molecule has 0 bridgehead atoms. The predicted octanol–water partition coefficient (Wildman–Crippen LogP) is 3.38. The summed E-state index contributed by atoms with van der Waals surface area (Å²) in [6, 6.07) is 2.97. The minimum absolute atomic E-state index is 0.0783. The molecule has 0 unspecified atom stereocenters. The van der Waals surface area contributed by atoms with Crippen molar-refractivity contribution in [1.82, 2.24) is 5.32 Å². The van der Waals surface area contributed by atoms with Crippen LogP contribution in [0.2, 0.25) is 0 Å². The van der Waals surface area contributed by atoms with E-state index in [1.54, 1.807) is 6.92 Å². The number of phenolic OH excluding ortho intramolecular Hbond substituents is 3. The third-order valence-corrected chi connectivity index (χ3v) is 3.69. The normalized spacial score (nSPS) is 10.5. The van der Waals surface area contributed by atoms with Gasteiger partial charge in [0.2, 0.25) is 5.91 Å². The molecule has 0 spiro atoms. The molecular formula is C18H27NO4. The van der Waals surface area contributed by atoms with Crippen LogP contribution in [0.4, 0.5) is 0 Å². The van der Waals surface area contributed by atoms with E-state index in [0.29, 0.717) is 12.1 Å². The predicted molar refractivity (Wildman–Crippen MR) is 90.7 cm³/mol. The second-order valence-corrected chi connectivity index (χ2v) is 5.89. The highest BCUT2D eigenvalue weighted by Crippen LogP contribution is 2.35. The van der Waals surface area contributed by atoms with E-state index in [4.69, 9.17) is 0 Å². The molecule has 1 aromatic rings. The largest absolute Gasteiger partial charge is 0.504 e. The minimum atomic E-state index is -0.465. The van der Waals surface area contributed by atoms with E-state index in [0.717, 1.165) is 50.5 Å². The number of aryl methyl sites for hydroxylation is 1. The average molecular weight is 321 g/mol. The Morgan fingerprint density at radius 3 is 2.09 bits per heavy atom. The minimum Gasteiger partial charge on any atom is -0.504 e. The van der Waals surface area contributed by atoms with Crippen LogP contribution in [-0.4, -0.2) is 27.8 Å². The summed E-state index contributed by atoms with van der Waals surface area (Å²) in [6.07, 6.45) is 7.09. The van der Waals surface area contributed by atoms with E-state index in [2.05, 4.69) is 11.9 Å². The van der Waals surface area contributed by atoms with Crippen molar-refractivity contribution >= 4 is 5.91 Å². The van der Waals surface area contributed by atoms with Crippen LogP contribution in [0.3, 0.4) is 0 Å². The van der Waals surface area contributed by atoms with Gasteiger partial charge in [-0.1, -0.05) is 32.3 Å². The van der Waals surface area contributed by atoms with E-state index < -0.39 is 5.75 Å². The fraction of sp³-hybridized carbons (Fsp3) is 0.500. The zero-order chi connectivity index (χ0) is 17.2. The highest BCUT2D eigenvalue weighted by Gasteiger charge is 2.07. The van der Waals surface area contributed by atoms with Gasteiger partial charge in [-0.15, -0.1) is 0 Å². The highest BCUT2D eigenvalue weighted by molar-refractivity contribution is 5.91. The lowest BCUT2D eigenvalue weighted by molar-refractivity contribution is -0.117. The van der Waals surface area contributed by atoms with E-state index in [-0.39, 0.29) is 17.4 Å². The molecule has 5 nitrogen and oxygen atoms in total. The van der Waals surface area contributed by atoms with Crippen LogP contribution >= 0.6 is 0 Å². The first-order chi connectivity index (χ1) is 10.9. The number of unbranched alkanes of at least 4 members (excludes halogenated alkanes) is 5. The molecule has 23 heavy (non-hydrogen) atoms. The summed E-state index contributed by atoms with van der Waals surface area (Å²) in [5.74, 6) is -1.11. The van der Waals surface area contributed by atoms with E-state index in [1.807, 2.05) is 0 Å². The van der Waals surface area contributed by atoms with Gasteiger partial charge in [-0.05, 0) is 43.9 Å². The van der Waals surface area contributed by atoms with Gasteiger partial charge in [0.25, 0.3) is 0 Å². The van der Waals surface area contributed by atoms with Crippen molar-refractivity contribution in [3.05, 3.63) is 29.8 Å². The first-order valence-corrected chi connectivity index (χ1v) is 8.09. The summed E-state index contributed by atoms with van der Waals surface area (Å²) in [5.41, 5.74) is 1.36. The van der Waals surface area contributed by atoms with Gasteiger partial charge in [-0.3, -0.25) is 4.79 Å². The number of aromatic hydroxyl groups is 3. The van der Waals surface area contributed by atoms with Gasteiger partial charge < -0.3 is 20.6 Å². The molecule has 0 aliphatic rings. The second-order valence-electron chi connectivity index (χ2n) is 5.89. The molecule has 0 fully saturated rings. The highest BCUT2D eigenvalue weighted by atomic mass is 16.3. The number of hydrogen-bond acceptors (Lipinski definition) is 4. The lowest BCUT2D eigenvalue weighted by Crippen LogP contribution is -2.24. The third kappa shape index (κ3) is 7.08. The SMILES string of the molecule is C=C(C)C(=O)NCCCCCCCCc1cc(O)c(O)c(O)c1. The van der Waals surface area contributed by atoms with Crippen LogP contribution < -0.4 is 5.32 Å². The molecule has 0 aromatic heterocycles.